The minimum atomic E-state index is -4.72. The number of ether oxygens (including phenoxy) is 1. The van der Waals surface area contributed by atoms with Gasteiger partial charge >= 0.3 is 6.36 Å². The number of nitrogens with two attached hydrogens (primary N) is 1. The summed E-state index contributed by atoms with van der Waals surface area (Å²) in [5, 5.41) is 2.81. The molecule has 2 aromatic rings. The number of alkyl halides is 3. The van der Waals surface area contributed by atoms with Crippen molar-refractivity contribution in [3.05, 3.63) is 48.2 Å². The second-order valence-electron chi connectivity index (χ2n) is 5.60. The van der Waals surface area contributed by atoms with Crippen LogP contribution in [0.3, 0.4) is 0 Å². The van der Waals surface area contributed by atoms with Crippen molar-refractivity contribution < 1.29 is 17.9 Å². The maximum absolute atomic E-state index is 12.1. The van der Waals surface area contributed by atoms with E-state index in [2.05, 4.69) is 38.8 Å². The molecular weight excluding hydrogens is 486 g/mol. The molecule has 0 radical (unpaired) electrons. The predicted octanol–water partition coefficient (Wildman–Crippen LogP) is 4.37. The van der Waals surface area contributed by atoms with E-state index in [1.807, 2.05) is 12.1 Å². The van der Waals surface area contributed by atoms with E-state index in [0.717, 1.165) is 24.5 Å². The van der Waals surface area contributed by atoms with E-state index in [1.165, 1.54) is 24.3 Å². The van der Waals surface area contributed by atoms with Crippen molar-refractivity contribution in [2.45, 2.75) is 26.8 Å². The Balaban J connectivity index is 0.00000392. The molecule has 6 nitrogen and oxygen atoms in total. The van der Waals surface area contributed by atoms with E-state index in [0.29, 0.717) is 12.2 Å². The van der Waals surface area contributed by atoms with Gasteiger partial charge in [-0.25, -0.2) is 9.98 Å². The van der Waals surface area contributed by atoms with E-state index in [9.17, 15) is 13.2 Å². The van der Waals surface area contributed by atoms with Crippen LogP contribution in [0, 0.1) is 0 Å². The molecule has 0 atom stereocenters. The van der Waals surface area contributed by atoms with Gasteiger partial charge in [-0.05, 0) is 49.7 Å². The lowest BCUT2D eigenvalue weighted by atomic mass is 10.3. The molecule has 0 bridgehead atoms. The number of rotatable bonds is 7. The maximum atomic E-state index is 12.1. The van der Waals surface area contributed by atoms with Gasteiger partial charge in [0, 0.05) is 25.0 Å². The monoisotopic (exact) mass is 509 g/mol. The van der Waals surface area contributed by atoms with Crippen molar-refractivity contribution in [2.24, 2.45) is 10.7 Å². The summed E-state index contributed by atoms with van der Waals surface area (Å²) in [4.78, 5) is 10.8. The SMILES string of the molecule is CCN(CC)c1ccc(CN=C(N)Nc2ccc(OC(F)(F)F)cc2)cn1.I. The van der Waals surface area contributed by atoms with Gasteiger partial charge in [0.25, 0.3) is 0 Å². The molecule has 0 fully saturated rings. The van der Waals surface area contributed by atoms with Gasteiger partial charge in [0.2, 0.25) is 0 Å². The first-order valence-corrected chi connectivity index (χ1v) is 8.43. The number of aliphatic imine (C=N–C) groups is 1. The fourth-order valence-electron chi connectivity index (χ4n) is 2.35. The van der Waals surface area contributed by atoms with Crippen LogP contribution in [0.5, 0.6) is 5.75 Å². The van der Waals surface area contributed by atoms with E-state index in [-0.39, 0.29) is 35.7 Å². The van der Waals surface area contributed by atoms with Crippen molar-refractivity contribution in [2.75, 3.05) is 23.3 Å². The number of halogens is 4. The zero-order chi connectivity index (χ0) is 19.9. The molecule has 3 N–H and O–H groups in total. The Bertz CT molecular complexity index is 747. The van der Waals surface area contributed by atoms with Crippen LogP contribution in [0.4, 0.5) is 24.7 Å². The molecule has 0 aliphatic carbocycles. The molecule has 0 amide bonds. The van der Waals surface area contributed by atoms with Crippen molar-refractivity contribution in [3.63, 3.8) is 0 Å². The van der Waals surface area contributed by atoms with Crippen LogP contribution in [-0.4, -0.2) is 30.4 Å². The highest BCUT2D eigenvalue weighted by Crippen LogP contribution is 2.23. The van der Waals surface area contributed by atoms with Crippen LogP contribution in [-0.2, 0) is 6.54 Å². The zero-order valence-electron chi connectivity index (χ0n) is 15.5. The Kier molecular flexibility index (Phi) is 9.29. The van der Waals surface area contributed by atoms with Crippen LogP contribution in [0.15, 0.2) is 47.6 Å². The molecule has 1 aromatic heterocycles. The molecule has 0 spiro atoms. The van der Waals surface area contributed by atoms with Crippen molar-refractivity contribution in [1.82, 2.24) is 4.98 Å². The topological polar surface area (TPSA) is 75.8 Å². The van der Waals surface area contributed by atoms with E-state index < -0.39 is 6.36 Å². The van der Waals surface area contributed by atoms with Gasteiger partial charge in [0.15, 0.2) is 5.96 Å². The fourth-order valence-corrected chi connectivity index (χ4v) is 2.35. The lowest BCUT2D eigenvalue weighted by molar-refractivity contribution is -0.274. The number of guanidine groups is 1. The molecule has 0 saturated carbocycles. The second kappa shape index (κ2) is 10.9. The third kappa shape index (κ3) is 7.79. The quantitative estimate of drug-likeness (QED) is 0.330. The molecule has 1 aromatic carbocycles. The minimum absolute atomic E-state index is 0. The Morgan fingerprint density at radius 1 is 1.14 bits per heavy atom. The zero-order valence-corrected chi connectivity index (χ0v) is 17.9. The molecule has 0 saturated heterocycles. The maximum Gasteiger partial charge on any atom is 0.573 e. The average Bonchev–Trinajstić information content (AvgIpc) is 2.62. The Morgan fingerprint density at radius 2 is 1.79 bits per heavy atom. The number of hydrogen-bond donors (Lipinski definition) is 2. The van der Waals surface area contributed by atoms with Gasteiger partial charge in [0.1, 0.15) is 11.6 Å². The largest absolute Gasteiger partial charge is 0.573 e. The molecule has 0 aliphatic rings. The average molecular weight is 509 g/mol. The highest BCUT2D eigenvalue weighted by Gasteiger charge is 2.30. The Morgan fingerprint density at radius 3 is 2.29 bits per heavy atom. The summed E-state index contributed by atoms with van der Waals surface area (Å²) in [6, 6.07) is 9.09. The molecule has 28 heavy (non-hydrogen) atoms. The van der Waals surface area contributed by atoms with Gasteiger partial charge in [-0.2, -0.15) is 0 Å². The van der Waals surface area contributed by atoms with Gasteiger partial charge in [-0.3, -0.25) is 0 Å². The van der Waals surface area contributed by atoms with Gasteiger partial charge in [-0.15, -0.1) is 37.1 Å². The van der Waals surface area contributed by atoms with Gasteiger partial charge in [0.05, 0.1) is 6.54 Å². The fraction of sp³-hybridized carbons (Fsp3) is 0.333. The van der Waals surface area contributed by atoms with E-state index >= 15 is 0 Å². The van der Waals surface area contributed by atoms with Crippen LogP contribution in [0.2, 0.25) is 0 Å². The predicted molar refractivity (Wildman–Crippen MR) is 115 cm³/mol. The van der Waals surface area contributed by atoms with Crippen LogP contribution >= 0.6 is 24.0 Å². The number of pyridine rings is 1. The molecule has 0 unspecified atom stereocenters. The number of aromatic nitrogens is 1. The van der Waals surface area contributed by atoms with Crippen molar-refractivity contribution in [1.29, 1.82) is 0 Å². The van der Waals surface area contributed by atoms with Gasteiger partial charge < -0.3 is 20.7 Å². The molecule has 2 rings (SSSR count). The van der Waals surface area contributed by atoms with E-state index in [4.69, 9.17) is 5.73 Å². The van der Waals surface area contributed by atoms with Gasteiger partial charge in [-0.1, -0.05) is 6.07 Å². The summed E-state index contributed by atoms with van der Waals surface area (Å²) < 4.78 is 40.2. The first-order valence-electron chi connectivity index (χ1n) is 8.43. The normalized spacial score (nSPS) is 11.5. The third-order valence-corrected chi connectivity index (χ3v) is 3.69. The molecule has 0 aliphatic heterocycles. The standard InChI is InChI=1S/C18H22F3N5O.HI/c1-3-26(4-2)16-10-5-13(11-23-16)12-24-17(22)25-14-6-8-15(9-7-14)27-18(19,20)21;/h5-11H,3-4,12H2,1-2H3,(H3,22,24,25);1H. The molecule has 10 heteroatoms. The van der Waals surface area contributed by atoms with Crippen molar-refractivity contribution >= 4 is 41.4 Å². The highest BCUT2D eigenvalue weighted by atomic mass is 127. The summed E-state index contributed by atoms with van der Waals surface area (Å²) in [6.07, 6.45) is -2.97. The molecule has 1 heterocycles. The first-order chi connectivity index (χ1) is 12.8. The Labute approximate surface area is 179 Å². The Hall–Kier alpha value is -2.24. The second-order valence-corrected chi connectivity index (χ2v) is 5.60. The minimum Gasteiger partial charge on any atom is -0.406 e. The van der Waals surface area contributed by atoms with E-state index in [1.54, 1.807) is 6.20 Å². The summed E-state index contributed by atoms with van der Waals surface area (Å²) in [5.74, 6) is 0.746. The van der Waals surface area contributed by atoms with Crippen LogP contribution in [0.1, 0.15) is 19.4 Å². The number of nitrogens with zero attached hydrogens (tertiary/aromatic N) is 3. The number of hydrogen-bond acceptors (Lipinski definition) is 4. The molecular formula is C18H23F3IN5O. The van der Waals surface area contributed by atoms with Crippen molar-refractivity contribution in [3.8, 4) is 5.75 Å². The summed E-state index contributed by atoms with van der Waals surface area (Å²) in [6.45, 7) is 6.23. The lowest BCUT2D eigenvalue weighted by Crippen LogP contribution is -2.23. The summed E-state index contributed by atoms with van der Waals surface area (Å²) >= 11 is 0. The number of anilines is 2. The number of benzene rings is 1. The highest BCUT2D eigenvalue weighted by molar-refractivity contribution is 14.0. The lowest BCUT2D eigenvalue weighted by Gasteiger charge is -2.19. The first kappa shape index (κ1) is 23.8. The summed E-state index contributed by atoms with van der Waals surface area (Å²) in [7, 11) is 0. The third-order valence-electron chi connectivity index (χ3n) is 3.69. The van der Waals surface area contributed by atoms with Crippen LogP contribution in [0.25, 0.3) is 0 Å². The smallest absolute Gasteiger partial charge is 0.406 e. The van der Waals surface area contributed by atoms with Crippen LogP contribution < -0.4 is 20.7 Å². The number of nitrogens with one attached hydrogen (secondary N) is 1. The molecule has 154 valence electrons. The summed E-state index contributed by atoms with van der Waals surface area (Å²) in [5.41, 5.74) is 7.21.